The summed E-state index contributed by atoms with van der Waals surface area (Å²) in [6.07, 6.45) is 2.38. The van der Waals surface area contributed by atoms with E-state index in [1.54, 1.807) is 4.68 Å². The average molecular weight is 412 g/mol. The number of nitrogens with one attached hydrogen (secondary N) is 2. The lowest BCUT2D eigenvalue weighted by molar-refractivity contribution is -0.115. The normalized spacial score (nSPS) is 14.2. The number of hydrogen-bond donors (Lipinski definition) is 2. The fraction of sp³-hybridized carbons (Fsp3) is 0.318. The zero-order valence-corrected chi connectivity index (χ0v) is 17.3. The molecule has 1 fully saturated rings. The second-order valence-electron chi connectivity index (χ2n) is 7.23. The van der Waals surface area contributed by atoms with Crippen molar-refractivity contribution in [3.05, 3.63) is 66.0 Å². The van der Waals surface area contributed by atoms with Gasteiger partial charge in [0.15, 0.2) is 5.82 Å². The van der Waals surface area contributed by atoms with Gasteiger partial charge >= 0.3 is 0 Å². The Bertz CT molecular complexity index is 934. The highest BCUT2D eigenvalue weighted by atomic mass is 35.5. The maximum atomic E-state index is 12.5. The van der Waals surface area contributed by atoms with Gasteiger partial charge in [-0.25, -0.2) is 4.68 Å². The number of hydrogen-bond acceptors (Lipinski definition) is 4. The van der Waals surface area contributed by atoms with Crippen molar-refractivity contribution in [1.82, 2.24) is 20.1 Å². The number of aryl methyl sites for hydroxylation is 1. The minimum atomic E-state index is -0.0835. The van der Waals surface area contributed by atoms with Crippen LogP contribution < -0.4 is 10.6 Å². The third-order valence-electron chi connectivity index (χ3n) is 5.16. The first-order valence-electron chi connectivity index (χ1n) is 9.75. The smallest absolute Gasteiger partial charge is 0.231 e. The Labute approximate surface area is 177 Å². The molecular formula is C22H26ClN5O. The van der Waals surface area contributed by atoms with Crippen molar-refractivity contribution in [1.29, 1.82) is 0 Å². The lowest BCUT2D eigenvalue weighted by Gasteiger charge is -2.19. The van der Waals surface area contributed by atoms with Crippen molar-refractivity contribution in [2.24, 2.45) is 7.05 Å². The Hall–Kier alpha value is -2.70. The third kappa shape index (κ3) is 5.22. The molecule has 6 nitrogen and oxygen atoms in total. The molecule has 0 saturated carbocycles. The zero-order valence-electron chi connectivity index (χ0n) is 16.5. The molecule has 7 heteroatoms. The van der Waals surface area contributed by atoms with Crippen LogP contribution in [0.3, 0.4) is 0 Å². The maximum absolute atomic E-state index is 12.5. The number of amides is 1. The molecule has 152 valence electrons. The Morgan fingerprint density at radius 3 is 2.41 bits per heavy atom. The Morgan fingerprint density at radius 1 is 1.07 bits per heavy atom. The fourth-order valence-corrected chi connectivity index (χ4v) is 3.57. The van der Waals surface area contributed by atoms with E-state index < -0.39 is 0 Å². The van der Waals surface area contributed by atoms with Gasteiger partial charge in [-0.3, -0.25) is 10.1 Å². The van der Waals surface area contributed by atoms with E-state index in [0.717, 1.165) is 42.9 Å². The SMILES string of the molecule is Cl.Cn1nc(C2CCNCC2)nc1NC(=O)Cc1ccc(-c2ccccc2)cc1. The van der Waals surface area contributed by atoms with Gasteiger partial charge in [-0.05, 0) is 42.6 Å². The van der Waals surface area contributed by atoms with E-state index in [9.17, 15) is 4.79 Å². The molecule has 2 N–H and O–H groups in total. The predicted molar refractivity (Wildman–Crippen MR) is 117 cm³/mol. The van der Waals surface area contributed by atoms with Crippen LogP contribution in [-0.4, -0.2) is 33.8 Å². The molecule has 1 aliphatic heterocycles. The number of halogens is 1. The number of aromatic nitrogens is 3. The molecule has 0 aliphatic carbocycles. The Morgan fingerprint density at radius 2 is 1.72 bits per heavy atom. The van der Waals surface area contributed by atoms with Crippen molar-refractivity contribution in [2.75, 3.05) is 18.4 Å². The first kappa shape index (κ1) is 21.0. The van der Waals surface area contributed by atoms with Crippen LogP contribution in [0.25, 0.3) is 11.1 Å². The number of carbonyl (C=O) groups excluding carboxylic acids is 1. The third-order valence-corrected chi connectivity index (χ3v) is 5.16. The molecule has 0 spiro atoms. The molecule has 2 heterocycles. The van der Waals surface area contributed by atoms with Crippen LogP contribution in [0, 0.1) is 0 Å². The lowest BCUT2D eigenvalue weighted by atomic mass is 9.98. The monoisotopic (exact) mass is 411 g/mol. The summed E-state index contributed by atoms with van der Waals surface area (Å²) < 4.78 is 1.66. The zero-order chi connectivity index (χ0) is 19.3. The molecule has 1 aromatic heterocycles. The highest BCUT2D eigenvalue weighted by molar-refractivity contribution is 5.90. The summed E-state index contributed by atoms with van der Waals surface area (Å²) in [5.41, 5.74) is 3.28. The van der Waals surface area contributed by atoms with Gasteiger partial charge in [-0.2, -0.15) is 10.1 Å². The van der Waals surface area contributed by atoms with Crippen LogP contribution in [0.1, 0.15) is 30.1 Å². The van der Waals surface area contributed by atoms with E-state index >= 15 is 0 Å². The molecule has 4 rings (SSSR count). The summed E-state index contributed by atoms with van der Waals surface area (Å²) in [6.45, 7) is 1.98. The molecule has 1 aliphatic rings. The van der Waals surface area contributed by atoms with Crippen LogP contribution >= 0.6 is 12.4 Å². The highest BCUT2D eigenvalue weighted by Gasteiger charge is 2.21. The largest absolute Gasteiger partial charge is 0.317 e. The van der Waals surface area contributed by atoms with Gasteiger partial charge in [0.2, 0.25) is 11.9 Å². The van der Waals surface area contributed by atoms with Crippen molar-refractivity contribution >= 4 is 24.3 Å². The van der Waals surface area contributed by atoms with E-state index in [1.807, 2.05) is 37.4 Å². The summed E-state index contributed by atoms with van der Waals surface area (Å²) >= 11 is 0. The molecule has 1 saturated heterocycles. The molecule has 0 radical (unpaired) electrons. The summed E-state index contributed by atoms with van der Waals surface area (Å²) in [7, 11) is 1.82. The van der Waals surface area contributed by atoms with Crippen LogP contribution in [-0.2, 0) is 18.3 Å². The minimum Gasteiger partial charge on any atom is -0.317 e. The molecule has 2 aromatic carbocycles. The van der Waals surface area contributed by atoms with Gasteiger partial charge in [0.1, 0.15) is 0 Å². The molecule has 1 amide bonds. The summed E-state index contributed by atoms with van der Waals surface area (Å²) in [5, 5.41) is 10.7. The van der Waals surface area contributed by atoms with Crippen LogP contribution in [0.5, 0.6) is 0 Å². The summed E-state index contributed by atoms with van der Waals surface area (Å²) in [6, 6.07) is 18.3. The number of anilines is 1. The quantitative estimate of drug-likeness (QED) is 0.673. The standard InChI is InChI=1S/C22H25N5O.ClH/c1-27-22(25-21(26-27)19-11-13-23-14-12-19)24-20(28)15-16-7-9-18(10-8-16)17-5-3-2-4-6-17;/h2-10,19,23H,11-15H2,1H3,(H,24,25,26,28);1H. The number of carbonyl (C=O) groups is 1. The van der Waals surface area contributed by atoms with E-state index in [2.05, 4.69) is 45.0 Å². The van der Waals surface area contributed by atoms with E-state index in [0.29, 0.717) is 18.3 Å². The number of nitrogens with zero attached hydrogens (tertiary/aromatic N) is 3. The van der Waals surface area contributed by atoms with Gasteiger partial charge in [0.25, 0.3) is 0 Å². The Balaban J connectivity index is 0.00000240. The number of piperidine rings is 1. The van der Waals surface area contributed by atoms with Crippen molar-refractivity contribution in [3.63, 3.8) is 0 Å². The highest BCUT2D eigenvalue weighted by Crippen LogP contribution is 2.23. The van der Waals surface area contributed by atoms with Gasteiger partial charge < -0.3 is 5.32 Å². The minimum absolute atomic E-state index is 0. The molecule has 3 aromatic rings. The molecule has 0 unspecified atom stereocenters. The lowest BCUT2D eigenvalue weighted by Crippen LogP contribution is -2.27. The van der Waals surface area contributed by atoms with Crippen molar-refractivity contribution in [2.45, 2.75) is 25.2 Å². The van der Waals surface area contributed by atoms with Crippen molar-refractivity contribution in [3.8, 4) is 11.1 Å². The molecule has 0 atom stereocenters. The first-order chi connectivity index (χ1) is 13.7. The molecule has 29 heavy (non-hydrogen) atoms. The molecular weight excluding hydrogens is 386 g/mol. The van der Waals surface area contributed by atoms with Crippen LogP contribution in [0.15, 0.2) is 54.6 Å². The number of benzene rings is 2. The summed E-state index contributed by atoms with van der Waals surface area (Å²) in [4.78, 5) is 17.0. The van der Waals surface area contributed by atoms with E-state index in [1.165, 1.54) is 5.56 Å². The first-order valence-corrected chi connectivity index (χ1v) is 9.75. The second-order valence-corrected chi connectivity index (χ2v) is 7.23. The van der Waals surface area contributed by atoms with Gasteiger partial charge in [0.05, 0.1) is 6.42 Å². The molecule has 0 bridgehead atoms. The second kappa shape index (κ2) is 9.67. The van der Waals surface area contributed by atoms with Gasteiger partial charge in [-0.15, -0.1) is 12.4 Å². The van der Waals surface area contributed by atoms with Crippen LogP contribution in [0.2, 0.25) is 0 Å². The van der Waals surface area contributed by atoms with Gasteiger partial charge in [-0.1, -0.05) is 54.6 Å². The Kier molecular flexibility index (Phi) is 7.01. The maximum Gasteiger partial charge on any atom is 0.231 e. The topological polar surface area (TPSA) is 71.8 Å². The van der Waals surface area contributed by atoms with E-state index in [-0.39, 0.29) is 18.3 Å². The predicted octanol–water partition coefficient (Wildman–Crippen LogP) is 3.55. The summed E-state index contributed by atoms with van der Waals surface area (Å²) in [5.74, 6) is 1.62. The average Bonchev–Trinajstić information content (AvgIpc) is 3.10. The van der Waals surface area contributed by atoms with Crippen molar-refractivity contribution < 1.29 is 4.79 Å². The van der Waals surface area contributed by atoms with Crippen LogP contribution in [0.4, 0.5) is 5.95 Å². The fourth-order valence-electron chi connectivity index (χ4n) is 3.57. The number of rotatable bonds is 5. The van der Waals surface area contributed by atoms with Gasteiger partial charge in [0, 0.05) is 13.0 Å². The van der Waals surface area contributed by atoms with E-state index in [4.69, 9.17) is 0 Å².